The molecule has 0 aliphatic heterocycles. The van der Waals surface area contributed by atoms with Gasteiger partial charge in [0.2, 0.25) is 0 Å². The van der Waals surface area contributed by atoms with E-state index in [4.69, 9.17) is 5.73 Å². The largest absolute Gasteiger partial charge is 0.398 e. The standard InChI is InChI=1S/C15H13BrF2N2O/c1-2-8-5-9(16)3-4-14(8)20-15(21)10-6-11(17)12(18)7-13(10)19/h3-7H,2,19H2,1H3,(H,20,21). The molecule has 0 saturated carbocycles. The fraction of sp³-hybridized carbons (Fsp3) is 0.133. The summed E-state index contributed by atoms with van der Waals surface area (Å²) in [6.45, 7) is 1.95. The quantitative estimate of drug-likeness (QED) is 0.814. The van der Waals surface area contributed by atoms with Crippen molar-refractivity contribution in [2.75, 3.05) is 11.1 Å². The van der Waals surface area contributed by atoms with E-state index in [-0.39, 0.29) is 11.3 Å². The molecule has 0 bridgehead atoms. The molecule has 2 aromatic carbocycles. The van der Waals surface area contributed by atoms with Crippen LogP contribution in [0.1, 0.15) is 22.8 Å². The number of hydrogen-bond acceptors (Lipinski definition) is 2. The van der Waals surface area contributed by atoms with Crippen molar-refractivity contribution >= 4 is 33.2 Å². The van der Waals surface area contributed by atoms with E-state index in [0.29, 0.717) is 12.1 Å². The van der Waals surface area contributed by atoms with E-state index in [1.54, 1.807) is 12.1 Å². The molecule has 0 spiro atoms. The van der Waals surface area contributed by atoms with Gasteiger partial charge in [-0.2, -0.15) is 0 Å². The van der Waals surface area contributed by atoms with Gasteiger partial charge in [0.15, 0.2) is 11.6 Å². The van der Waals surface area contributed by atoms with Crippen molar-refractivity contribution in [2.24, 2.45) is 0 Å². The second-order valence-corrected chi connectivity index (χ2v) is 5.38. The molecule has 110 valence electrons. The Morgan fingerprint density at radius 1 is 1.24 bits per heavy atom. The van der Waals surface area contributed by atoms with Crippen molar-refractivity contribution < 1.29 is 13.6 Å². The summed E-state index contributed by atoms with van der Waals surface area (Å²) < 4.78 is 27.2. The van der Waals surface area contributed by atoms with E-state index >= 15 is 0 Å². The average molecular weight is 355 g/mol. The van der Waals surface area contributed by atoms with Crippen LogP contribution in [0.5, 0.6) is 0 Å². The molecule has 0 heterocycles. The van der Waals surface area contributed by atoms with Gasteiger partial charge in [-0.3, -0.25) is 4.79 Å². The van der Waals surface area contributed by atoms with Crippen LogP contribution in [0.4, 0.5) is 20.2 Å². The molecule has 0 aliphatic rings. The van der Waals surface area contributed by atoms with E-state index in [1.165, 1.54) is 0 Å². The molecule has 0 fully saturated rings. The first kappa shape index (κ1) is 15.4. The molecule has 2 rings (SSSR count). The highest BCUT2D eigenvalue weighted by Gasteiger charge is 2.15. The van der Waals surface area contributed by atoms with Gasteiger partial charge in [0.1, 0.15) is 0 Å². The average Bonchev–Trinajstić information content (AvgIpc) is 2.44. The molecule has 0 unspecified atom stereocenters. The van der Waals surface area contributed by atoms with Crippen LogP contribution in [0.2, 0.25) is 0 Å². The molecule has 21 heavy (non-hydrogen) atoms. The van der Waals surface area contributed by atoms with Crippen molar-refractivity contribution in [1.29, 1.82) is 0 Å². The predicted molar refractivity (Wildman–Crippen MR) is 82.2 cm³/mol. The third-order valence-electron chi connectivity index (χ3n) is 3.03. The predicted octanol–water partition coefficient (Wildman–Crippen LogP) is 4.12. The van der Waals surface area contributed by atoms with Crippen LogP contribution < -0.4 is 11.1 Å². The normalized spacial score (nSPS) is 10.5. The van der Waals surface area contributed by atoms with E-state index in [9.17, 15) is 13.6 Å². The van der Waals surface area contributed by atoms with E-state index < -0.39 is 17.5 Å². The van der Waals surface area contributed by atoms with Crippen LogP contribution in [0.3, 0.4) is 0 Å². The number of aryl methyl sites for hydroxylation is 1. The Bertz CT molecular complexity index is 704. The van der Waals surface area contributed by atoms with Gasteiger partial charge in [0, 0.05) is 21.9 Å². The third kappa shape index (κ3) is 3.39. The summed E-state index contributed by atoms with van der Waals surface area (Å²) in [6.07, 6.45) is 0.711. The third-order valence-corrected chi connectivity index (χ3v) is 3.53. The zero-order valence-electron chi connectivity index (χ0n) is 11.2. The number of benzene rings is 2. The molecule has 3 nitrogen and oxygen atoms in total. The fourth-order valence-corrected chi connectivity index (χ4v) is 2.33. The summed E-state index contributed by atoms with van der Waals surface area (Å²) in [6, 6.07) is 6.99. The number of anilines is 2. The number of nitrogen functional groups attached to an aromatic ring is 1. The molecule has 1 amide bonds. The summed E-state index contributed by atoms with van der Waals surface area (Å²) in [5.41, 5.74) is 6.88. The molecule has 3 N–H and O–H groups in total. The van der Waals surface area contributed by atoms with Gasteiger partial charge in [-0.05, 0) is 36.2 Å². The van der Waals surface area contributed by atoms with Crippen LogP contribution in [0.15, 0.2) is 34.8 Å². The first-order chi connectivity index (χ1) is 9.92. The zero-order chi connectivity index (χ0) is 15.6. The van der Waals surface area contributed by atoms with Gasteiger partial charge in [-0.25, -0.2) is 8.78 Å². The Hall–Kier alpha value is -1.95. The van der Waals surface area contributed by atoms with Gasteiger partial charge >= 0.3 is 0 Å². The van der Waals surface area contributed by atoms with Gasteiger partial charge in [0.25, 0.3) is 5.91 Å². The van der Waals surface area contributed by atoms with Gasteiger partial charge < -0.3 is 11.1 Å². The number of nitrogens with one attached hydrogen (secondary N) is 1. The highest BCUT2D eigenvalue weighted by molar-refractivity contribution is 9.10. The van der Waals surface area contributed by atoms with Crippen LogP contribution >= 0.6 is 15.9 Å². The van der Waals surface area contributed by atoms with Gasteiger partial charge in [-0.15, -0.1) is 0 Å². The number of halogens is 3. The van der Waals surface area contributed by atoms with Gasteiger partial charge in [0.05, 0.1) is 5.56 Å². The van der Waals surface area contributed by atoms with Crippen molar-refractivity contribution in [2.45, 2.75) is 13.3 Å². The molecule has 0 radical (unpaired) electrons. The molecule has 6 heteroatoms. The second-order valence-electron chi connectivity index (χ2n) is 4.46. The zero-order valence-corrected chi connectivity index (χ0v) is 12.8. The topological polar surface area (TPSA) is 55.1 Å². The minimum atomic E-state index is -1.11. The van der Waals surface area contributed by atoms with Crippen molar-refractivity contribution in [3.05, 3.63) is 57.6 Å². The van der Waals surface area contributed by atoms with Crippen LogP contribution in [0.25, 0.3) is 0 Å². The van der Waals surface area contributed by atoms with E-state index in [1.807, 2.05) is 13.0 Å². The highest BCUT2D eigenvalue weighted by atomic mass is 79.9. The smallest absolute Gasteiger partial charge is 0.257 e. The Morgan fingerprint density at radius 2 is 1.90 bits per heavy atom. The molecule has 0 saturated heterocycles. The maximum atomic E-state index is 13.2. The summed E-state index contributed by atoms with van der Waals surface area (Å²) in [4.78, 5) is 12.2. The number of hydrogen-bond donors (Lipinski definition) is 2. The summed E-state index contributed by atoms with van der Waals surface area (Å²) in [5.74, 6) is -2.77. The minimum Gasteiger partial charge on any atom is -0.398 e. The molecular formula is C15H13BrF2N2O. The molecule has 0 aliphatic carbocycles. The number of carbonyl (C=O) groups excluding carboxylic acids is 1. The number of carbonyl (C=O) groups is 1. The first-order valence-electron chi connectivity index (χ1n) is 6.26. The Balaban J connectivity index is 2.32. The van der Waals surface area contributed by atoms with Crippen LogP contribution in [-0.4, -0.2) is 5.91 Å². The Labute approximate surface area is 129 Å². The number of amides is 1. The van der Waals surface area contributed by atoms with Crippen molar-refractivity contribution in [1.82, 2.24) is 0 Å². The molecule has 0 atom stereocenters. The maximum absolute atomic E-state index is 13.2. The number of rotatable bonds is 3. The lowest BCUT2D eigenvalue weighted by molar-refractivity contribution is 0.102. The second kappa shape index (κ2) is 6.22. The number of nitrogens with two attached hydrogens (primary N) is 1. The van der Waals surface area contributed by atoms with E-state index in [2.05, 4.69) is 21.2 Å². The van der Waals surface area contributed by atoms with Crippen molar-refractivity contribution in [3.63, 3.8) is 0 Å². The summed E-state index contributed by atoms with van der Waals surface area (Å²) in [7, 11) is 0. The van der Waals surface area contributed by atoms with E-state index in [0.717, 1.165) is 22.2 Å². The Kier molecular flexibility index (Phi) is 4.57. The first-order valence-corrected chi connectivity index (χ1v) is 7.06. The fourth-order valence-electron chi connectivity index (χ4n) is 1.93. The lowest BCUT2D eigenvalue weighted by Gasteiger charge is -2.12. The van der Waals surface area contributed by atoms with Crippen LogP contribution in [-0.2, 0) is 6.42 Å². The maximum Gasteiger partial charge on any atom is 0.257 e. The monoisotopic (exact) mass is 354 g/mol. The van der Waals surface area contributed by atoms with Crippen molar-refractivity contribution in [3.8, 4) is 0 Å². The molecular weight excluding hydrogens is 342 g/mol. The minimum absolute atomic E-state index is 0.0983. The Morgan fingerprint density at radius 3 is 2.57 bits per heavy atom. The van der Waals surface area contributed by atoms with Gasteiger partial charge in [-0.1, -0.05) is 22.9 Å². The summed E-state index contributed by atoms with van der Waals surface area (Å²) in [5, 5.41) is 2.66. The molecule has 0 aromatic heterocycles. The highest BCUT2D eigenvalue weighted by Crippen LogP contribution is 2.24. The lowest BCUT2D eigenvalue weighted by Crippen LogP contribution is -2.16. The van der Waals surface area contributed by atoms with Crippen LogP contribution in [0, 0.1) is 11.6 Å². The molecule has 2 aromatic rings. The lowest BCUT2D eigenvalue weighted by atomic mass is 10.1. The summed E-state index contributed by atoms with van der Waals surface area (Å²) >= 11 is 3.35. The SMILES string of the molecule is CCc1cc(Br)ccc1NC(=O)c1cc(F)c(F)cc1N.